The molecule has 1 aliphatic heterocycles. The molecule has 0 saturated carbocycles. The topological polar surface area (TPSA) is 69.6 Å². The number of carbonyl (C=O) groups is 2. The average Bonchev–Trinajstić information content (AvgIpc) is 2.39. The van der Waals surface area contributed by atoms with Crippen LogP contribution in [0.15, 0.2) is 0 Å². The fraction of sp³-hybridized carbons (Fsp3) is 0.857. The number of nitrogens with one attached hydrogen (secondary N) is 1. The first-order valence-corrected chi connectivity index (χ1v) is 7.13. The lowest BCUT2D eigenvalue weighted by Crippen LogP contribution is -2.47. The summed E-state index contributed by atoms with van der Waals surface area (Å²) < 4.78 is 0. The van der Waals surface area contributed by atoms with E-state index in [9.17, 15) is 9.59 Å². The van der Waals surface area contributed by atoms with Crippen LogP contribution in [0.5, 0.6) is 0 Å². The van der Waals surface area contributed by atoms with Crippen LogP contribution in [-0.4, -0.2) is 41.6 Å². The normalized spacial score (nSPS) is 19.8. The number of hydrogen-bond donors (Lipinski definition) is 2. The molecule has 1 atom stereocenters. The molecule has 0 aromatic rings. The van der Waals surface area contributed by atoms with Crippen molar-refractivity contribution in [3.05, 3.63) is 0 Å². The van der Waals surface area contributed by atoms with Crippen LogP contribution >= 0.6 is 0 Å². The first-order chi connectivity index (χ1) is 8.88. The van der Waals surface area contributed by atoms with Gasteiger partial charge in [0.2, 0.25) is 0 Å². The highest BCUT2D eigenvalue weighted by Crippen LogP contribution is 2.33. The molecule has 1 fully saturated rings. The first-order valence-electron chi connectivity index (χ1n) is 7.13. The number of aliphatic carboxylic acids is 1. The first kappa shape index (κ1) is 15.8. The molecule has 0 bridgehead atoms. The Morgan fingerprint density at radius 2 is 1.95 bits per heavy atom. The molecule has 1 unspecified atom stereocenters. The average molecular weight is 270 g/mol. The highest BCUT2D eigenvalue weighted by atomic mass is 16.4. The van der Waals surface area contributed by atoms with Crippen LogP contribution in [0.3, 0.4) is 0 Å². The summed E-state index contributed by atoms with van der Waals surface area (Å²) in [4.78, 5) is 24.4. The molecule has 1 rings (SSSR count). The van der Waals surface area contributed by atoms with Gasteiger partial charge in [0.15, 0.2) is 0 Å². The molecule has 19 heavy (non-hydrogen) atoms. The van der Waals surface area contributed by atoms with Crippen LogP contribution in [0.25, 0.3) is 0 Å². The molecule has 0 spiro atoms. The van der Waals surface area contributed by atoms with Crippen molar-refractivity contribution in [2.24, 2.45) is 11.3 Å². The van der Waals surface area contributed by atoms with E-state index < -0.39 is 11.9 Å². The molecule has 0 radical (unpaired) electrons. The summed E-state index contributed by atoms with van der Waals surface area (Å²) >= 11 is 0. The van der Waals surface area contributed by atoms with Gasteiger partial charge in [-0.05, 0) is 24.7 Å². The maximum Gasteiger partial charge on any atom is 0.317 e. The predicted octanol–water partition coefficient (Wildman–Crippen LogP) is 2.32. The number of carboxylic acids is 1. The number of urea groups is 1. The molecule has 0 aromatic heterocycles. The Balaban J connectivity index is 2.26. The fourth-order valence-electron chi connectivity index (χ4n) is 2.23. The standard InChI is InChI=1S/C14H26N2O3/c1-4-14(3)6-9-16(10-7-14)13(19)15-8-5-11(2)12(17)18/h11H,4-10H2,1-3H3,(H,15,19)(H,17,18). The third-order valence-electron chi connectivity index (χ3n) is 4.39. The van der Waals surface area contributed by atoms with Crippen LogP contribution in [0.1, 0.15) is 46.5 Å². The number of amides is 2. The molecule has 0 aromatic carbocycles. The Morgan fingerprint density at radius 1 is 1.37 bits per heavy atom. The van der Waals surface area contributed by atoms with Gasteiger partial charge in [-0.15, -0.1) is 0 Å². The van der Waals surface area contributed by atoms with Gasteiger partial charge < -0.3 is 15.3 Å². The van der Waals surface area contributed by atoms with Gasteiger partial charge in [0.05, 0.1) is 5.92 Å². The van der Waals surface area contributed by atoms with Gasteiger partial charge in [-0.3, -0.25) is 4.79 Å². The van der Waals surface area contributed by atoms with E-state index in [0.717, 1.165) is 32.4 Å². The summed E-state index contributed by atoms with van der Waals surface area (Å²) in [6, 6.07) is -0.0595. The summed E-state index contributed by atoms with van der Waals surface area (Å²) in [5, 5.41) is 11.6. The van der Waals surface area contributed by atoms with Gasteiger partial charge in [0.25, 0.3) is 0 Å². The molecule has 110 valence electrons. The molecule has 5 heteroatoms. The molecular weight excluding hydrogens is 244 g/mol. The summed E-state index contributed by atoms with van der Waals surface area (Å²) in [5.41, 5.74) is 0.370. The van der Waals surface area contributed by atoms with Crippen molar-refractivity contribution >= 4 is 12.0 Å². The van der Waals surface area contributed by atoms with Crippen molar-refractivity contribution in [3.8, 4) is 0 Å². The highest BCUT2D eigenvalue weighted by Gasteiger charge is 2.30. The zero-order chi connectivity index (χ0) is 14.5. The number of nitrogens with zero attached hydrogens (tertiary/aromatic N) is 1. The molecule has 2 N–H and O–H groups in total. The Kier molecular flexibility index (Phi) is 5.63. The van der Waals surface area contributed by atoms with Crippen molar-refractivity contribution in [2.75, 3.05) is 19.6 Å². The predicted molar refractivity (Wildman–Crippen MR) is 74.0 cm³/mol. The molecule has 2 amide bonds. The molecule has 1 heterocycles. The number of piperidine rings is 1. The quantitative estimate of drug-likeness (QED) is 0.805. The number of rotatable bonds is 5. The molecule has 0 aliphatic carbocycles. The lowest BCUT2D eigenvalue weighted by Gasteiger charge is -2.38. The van der Waals surface area contributed by atoms with Gasteiger partial charge in [-0.2, -0.15) is 0 Å². The fourth-order valence-corrected chi connectivity index (χ4v) is 2.23. The van der Waals surface area contributed by atoms with E-state index in [4.69, 9.17) is 5.11 Å². The number of hydrogen-bond acceptors (Lipinski definition) is 2. The third-order valence-corrected chi connectivity index (χ3v) is 4.39. The monoisotopic (exact) mass is 270 g/mol. The van der Waals surface area contributed by atoms with Crippen molar-refractivity contribution in [3.63, 3.8) is 0 Å². The van der Waals surface area contributed by atoms with Gasteiger partial charge in [0.1, 0.15) is 0 Å². The van der Waals surface area contributed by atoms with E-state index in [0.29, 0.717) is 18.4 Å². The number of likely N-dealkylation sites (tertiary alicyclic amines) is 1. The van der Waals surface area contributed by atoms with Gasteiger partial charge in [0, 0.05) is 19.6 Å². The Morgan fingerprint density at radius 3 is 2.42 bits per heavy atom. The van der Waals surface area contributed by atoms with E-state index in [2.05, 4.69) is 19.2 Å². The maximum atomic E-state index is 11.9. The lowest BCUT2D eigenvalue weighted by atomic mass is 9.78. The van der Waals surface area contributed by atoms with Crippen LogP contribution in [0.4, 0.5) is 4.79 Å². The van der Waals surface area contributed by atoms with E-state index in [1.165, 1.54) is 0 Å². The van der Waals surface area contributed by atoms with Crippen molar-refractivity contribution in [2.45, 2.75) is 46.5 Å². The van der Waals surface area contributed by atoms with Gasteiger partial charge >= 0.3 is 12.0 Å². The van der Waals surface area contributed by atoms with Crippen LogP contribution in [0, 0.1) is 11.3 Å². The summed E-state index contributed by atoms with van der Waals surface area (Å²) in [6.07, 6.45) is 3.71. The zero-order valence-electron chi connectivity index (χ0n) is 12.2. The summed E-state index contributed by atoms with van der Waals surface area (Å²) in [7, 11) is 0. The van der Waals surface area contributed by atoms with E-state index in [1.54, 1.807) is 6.92 Å². The minimum atomic E-state index is -0.814. The lowest BCUT2D eigenvalue weighted by molar-refractivity contribution is -0.141. The van der Waals surface area contributed by atoms with Gasteiger partial charge in [-0.25, -0.2) is 4.79 Å². The second-order valence-electron chi connectivity index (χ2n) is 5.91. The molecule has 1 saturated heterocycles. The van der Waals surface area contributed by atoms with E-state index >= 15 is 0 Å². The SMILES string of the molecule is CCC1(C)CCN(C(=O)NCCC(C)C(=O)O)CC1. The summed E-state index contributed by atoms with van der Waals surface area (Å²) in [5.74, 6) is -1.23. The smallest absolute Gasteiger partial charge is 0.317 e. The zero-order valence-corrected chi connectivity index (χ0v) is 12.2. The number of carbonyl (C=O) groups excluding carboxylic acids is 1. The highest BCUT2D eigenvalue weighted by molar-refractivity contribution is 5.74. The minimum Gasteiger partial charge on any atom is -0.481 e. The van der Waals surface area contributed by atoms with Crippen molar-refractivity contribution in [1.82, 2.24) is 10.2 Å². The van der Waals surface area contributed by atoms with Gasteiger partial charge in [-0.1, -0.05) is 27.2 Å². The Hall–Kier alpha value is -1.26. The van der Waals surface area contributed by atoms with E-state index in [1.807, 2.05) is 4.90 Å². The van der Waals surface area contributed by atoms with Crippen molar-refractivity contribution < 1.29 is 14.7 Å². The Labute approximate surface area is 115 Å². The second-order valence-corrected chi connectivity index (χ2v) is 5.91. The molecule has 1 aliphatic rings. The third kappa shape index (κ3) is 4.73. The largest absolute Gasteiger partial charge is 0.481 e. The van der Waals surface area contributed by atoms with Crippen molar-refractivity contribution in [1.29, 1.82) is 0 Å². The maximum absolute atomic E-state index is 11.9. The van der Waals surface area contributed by atoms with Crippen LogP contribution < -0.4 is 5.32 Å². The second kappa shape index (κ2) is 6.78. The Bertz CT molecular complexity index is 323. The summed E-state index contributed by atoms with van der Waals surface area (Å²) in [6.45, 7) is 8.14. The van der Waals surface area contributed by atoms with E-state index in [-0.39, 0.29) is 6.03 Å². The number of carboxylic acid groups (broad SMARTS) is 1. The van der Waals surface area contributed by atoms with Crippen LogP contribution in [0.2, 0.25) is 0 Å². The molecular formula is C14H26N2O3. The van der Waals surface area contributed by atoms with Crippen LogP contribution in [-0.2, 0) is 4.79 Å². The molecule has 5 nitrogen and oxygen atoms in total. The minimum absolute atomic E-state index is 0.0595.